The number of benzene rings is 1. The Morgan fingerprint density at radius 3 is 1.50 bits per heavy atom. The van der Waals surface area contributed by atoms with Crippen molar-refractivity contribution >= 4 is 22.6 Å². The van der Waals surface area contributed by atoms with E-state index >= 15 is 0 Å². The minimum Gasteiger partial charge on any atom is -0.204 e. The third-order valence-corrected chi connectivity index (χ3v) is 2.43. The molecule has 0 unspecified atom stereocenters. The van der Waals surface area contributed by atoms with Crippen molar-refractivity contribution in [2.45, 2.75) is 0 Å². The molecule has 70 valence electrons. The molecule has 14 heavy (non-hydrogen) atoms. The molecule has 0 radical (unpaired) electrons. The van der Waals surface area contributed by atoms with E-state index < -0.39 is 32.1 Å². The maximum absolute atomic E-state index is 13.0. The summed E-state index contributed by atoms with van der Waals surface area (Å²) in [6.07, 6.45) is 0. The zero-order valence-corrected chi connectivity index (χ0v) is 8.56. The zero-order chi connectivity index (χ0) is 10.9. The second kappa shape index (κ2) is 3.84. The van der Waals surface area contributed by atoms with Crippen molar-refractivity contribution in [1.29, 1.82) is 10.5 Å². The van der Waals surface area contributed by atoms with Crippen LogP contribution in [0.2, 0.25) is 0 Å². The van der Waals surface area contributed by atoms with Crippen molar-refractivity contribution in [1.82, 2.24) is 0 Å². The van der Waals surface area contributed by atoms with Gasteiger partial charge in [0.05, 0.1) is 3.57 Å². The highest BCUT2D eigenvalue weighted by Gasteiger charge is 2.23. The lowest BCUT2D eigenvalue weighted by atomic mass is 10.1. The van der Waals surface area contributed by atoms with Gasteiger partial charge in [-0.05, 0) is 22.6 Å². The number of hydrogen-bond acceptors (Lipinski definition) is 2. The van der Waals surface area contributed by atoms with Crippen molar-refractivity contribution in [2.24, 2.45) is 0 Å². The minimum atomic E-state index is -1.45. The third-order valence-electron chi connectivity index (χ3n) is 1.49. The highest BCUT2D eigenvalue weighted by atomic mass is 127. The summed E-state index contributed by atoms with van der Waals surface area (Å²) >= 11 is 1.26. The lowest BCUT2D eigenvalue weighted by molar-refractivity contribution is 0.525. The fourth-order valence-corrected chi connectivity index (χ4v) is 1.37. The molecule has 0 aromatic heterocycles. The molecular weight excluding hydrogens is 308 g/mol. The number of halogens is 4. The molecule has 0 aliphatic carbocycles. The van der Waals surface area contributed by atoms with E-state index in [1.807, 2.05) is 0 Å². The normalized spacial score (nSPS) is 9.29. The van der Waals surface area contributed by atoms with E-state index in [-0.39, 0.29) is 0 Å². The summed E-state index contributed by atoms with van der Waals surface area (Å²) in [4.78, 5) is 0. The molecule has 0 aliphatic heterocycles. The molecule has 1 aromatic carbocycles. The third kappa shape index (κ3) is 1.42. The summed E-state index contributed by atoms with van der Waals surface area (Å²) in [5.74, 6) is -4.00. The summed E-state index contributed by atoms with van der Waals surface area (Å²) in [6, 6.07) is 2.47. The minimum absolute atomic E-state index is 0.558. The number of hydrogen-bond donors (Lipinski definition) is 0. The van der Waals surface area contributed by atoms with Gasteiger partial charge in [0.15, 0.2) is 17.5 Å². The first-order chi connectivity index (χ1) is 6.54. The smallest absolute Gasteiger partial charge is 0.164 e. The summed E-state index contributed by atoms with van der Waals surface area (Å²) in [6.45, 7) is 0. The topological polar surface area (TPSA) is 47.6 Å². The summed E-state index contributed by atoms with van der Waals surface area (Å²) in [5.41, 5.74) is -1.88. The molecule has 0 spiro atoms. The van der Waals surface area contributed by atoms with Crippen LogP contribution >= 0.6 is 22.6 Å². The van der Waals surface area contributed by atoms with Crippen molar-refractivity contribution in [2.75, 3.05) is 0 Å². The van der Waals surface area contributed by atoms with Gasteiger partial charge in [-0.15, -0.1) is 0 Å². The molecule has 0 amide bonds. The van der Waals surface area contributed by atoms with Crippen LogP contribution in [-0.2, 0) is 0 Å². The predicted molar refractivity (Wildman–Crippen MR) is 48.5 cm³/mol. The summed E-state index contributed by atoms with van der Waals surface area (Å²) in [5, 5.41) is 16.7. The maximum Gasteiger partial charge on any atom is 0.164 e. The lowest BCUT2D eigenvalue weighted by Crippen LogP contribution is -2.03. The molecule has 0 bridgehead atoms. The fourth-order valence-electron chi connectivity index (χ4n) is 0.830. The molecule has 6 heteroatoms. The van der Waals surface area contributed by atoms with E-state index in [0.29, 0.717) is 0 Å². The van der Waals surface area contributed by atoms with E-state index in [2.05, 4.69) is 0 Å². The standard InChI is InChI=1S/C8F3IN2/c9-5-3(1-13)6(10)8(12)7(11)4(5)2-14. The Labute approximate surface area is 90.7 Å². The van der Waals surface area contributed by atoms with E-state index in [9.17, 15) is 13.2 Å². The van der Waals surface area contributed by atoms with E-state index in [1.54, 1.807) is 0 Å². The van der Waals surface area contributed by atoms with Crippen LogP contribution in [0.3, 0.4) is 0 Å². The Bertz CT molecular complexity index is 444. The molecule has 0 N–H and O–H groups in total. The maximum atomic E-state index is 13.0. The molecule has 1 rings (SSSR count). The number of nitriles is 2. The Balaban J connectivity index is 3.78. The second-order valence-corrected chi connectivity index (χ2v) is 3.31. The van der Waals surface area contributed by atoms with Gasteiger partial charge in [-0.25, -0.2) is 13.2 Å². The average Bonchev–Trinajstić information content (AvgIpc) is 2.16. The first-order valence-corrected chi connectivity index (χ1v) is 4.28. The van der Waals surface area contributed by atoms with Crippen LogP contribution in [0.1, 0.15) is 11.1 Å². The predicted octanol–water partition coefficient (Wildman–Crippen LogP) is 2.45. The quantitative estimate of drug-likeness (QED) is 0.420. The van der Waals surface area contributed by atoms with Gasteiger partial charge in [-0.2, -0.15) is 10.5 Å². The molecular formula is C8F3IN2. The van der Waals surface area contributed by atoms with Gasteiger partial charge in [0.1, 0.15) is 23.3 Å². The van der Waals surface area contributed by atoms with Gasteiger partial charge in [-0.3, -0.25) is 0 Å². The highest BCUT2D eigenvalue weighted by Crippen LogP contribution is 2.25. The van der Waals surface area contributed by atoms with E-state index in [4.69, 9.17) is 10.5 Å². The van der Waals surface area contributed by atoms with Crippen molar-refractivity contribution in [3.8, 4) is 12.1 Å². The van der Waals surface area contributed by atoms with Gasteiger partial charge in [-0.1, -0.05) is 0 Å². The van der Waals surface area contributed by atoms with E-state index in [1.165, 1.54) is 34.7 Å². The first kappa shape index (κ1) is 10.8. The molecule has 0 atom stereocenters. The van der Waals surface area contributed by atoms with Crippen molar-refractivity contribution in [3.63, 3.8) is 0 Å². The molecule has 1 aromatic rings. The number of rotatable bonds is 0. The van der Waals surface area contributed by atoms with Gasteiger partial charge < -0.3 is 0 Å². The van der Waals surface area contributed by atoms with Crippen LogP contribution in [0.25, 0.3) is 0 Å². The first-order valence-electron chi connectivity index (χ1n) is 3.20. The molecule has 0 heterocycles. The molecule has 2 nitrogen and oxygen atoms in total. The SMILES string of the molecule is N#Cc1c(F)c(I)c(F)c(C#N)c1F. The Morgan fingerprint density at radius 2 is 1.21 bits per heavy atom. The summed E-state index contributed by atoms with van der Waals surface area (Å²) in [7, 11) is 0. The van der Waals surface area contributed by atoms with Gasteiger partial charge in [0.2, 0.25) is 0 Å². The highest BCUT2D eigenvalue weighted by molar-refractivity contribution is 14.1. The van der Waals surface area contributed by atoms with E-state index in [0.717, 1.165) is 0 Å². The lowest BCUT2D eigenvalue weighted by Gasteiger charge is -2.02. The monoisotopic (exact) mass is 308 g/mol. The van der Waals surface area contributed by atoms with Gasteiger partial charge in [0.25, 0.3) is 0 Å². The van der Waals surface area contributed by atoms with Crippen LogP contribution in [0, 0.1) is 43.7 Å². The van der Waals surface area contributed by atoms with Crippen molar-refractivity contribution in [3.05, 3.63) is 32.1 Å². The summed E-state index contributed by atoms with van der Waals surface area (Å²) < 4.78 is 38.5. The van der Waals surface area contributed by atoms with Crippen LogP contribution in [-0.4, -0.2) is 0 Å². The second-order valence-electron chi connectivity index (χ2n) is 2.23. The van der Waals surface area contributed by atoms with Gasteiger partial charge >= 0.3 is 0 Å². The Hall–Kier alpha value is -1.28. The molecule has 0 aliphatic rings. The zero-order valence-electron chi connectivity index (χ0n) is 6.41. The molecule has 0 saturated carbocycles. The largest absolute Gasteiger partial charge is 0.204 e. The molecule has 0 saturated heterocycles. The van der Waals surface area contributed by atoms with Crippen LogP contribution in [0.4, 0.5) is 13.2 Å². The van der Waals surface area contributed by atoms with Crippen molar-refractivity contribution < 1.29 is 13.2 Å². The number of nitrogens with zero attached hydrogens (tertiary/aromatic N) is 2. The Kier molecular flexibility index (Phi) is 2.96. The van der Waals surface area contributed by atoms with Gasteiger partial charge in [0, 0.05) is 0 Å². The van der Waals surface area contributed by atoms with Crippen LogP contribution in [0.15, 0.2) is 0 Å². The average molecular weight is 308 g/mol. The fraction of sp³-hybridized carbons (Fsp3) is 0. The van der Waals surface area contributed by atoms with Crippen LogP contribution in [0.5, 0.6) is 0 Å². The van der Waals surface area contributed by atoms with Crippen LogP contribution < -0.4 is 0 Å². The Morgan fingerprint density at radius 1 is 0.857 bits per heavy atom. The molecule has 0 fully saturated rings.